The Labute approximate surface area is 124 Å². The van der Waals surface area contributed by atoms with Crippen molar-refractivity contribution in [2.24, 2.45) is 0 Å². The molecule has 1 aliphatic heterocycles. The van der Waals surface area contributed by atoms with Crippen molar-refractivity contribution >= 4 is 17.6 Å². The van der Waals surface area contributed by atoms with E-state index in [2.05, 4.69) is 16.0 Å². The summed E-state index contributed by atoms with van der Waals surface area (Å²) in [5.41, 5.74) is 1.26. The van der Waals surface area contributed by atoms with Gasteiger partial charge in [0.25, 0.3) is 0 Å². The van der Waals surface area contributed by atoms with Crippen LogP contribution in [-0.4, -0.2) is 24.1 Å². The maximum absolute atomic E-state index is 11.7. The Kier molecular flexibility index (Phi) is 4.35. The highest BCUT2D eigenvalue weighted by Gasteiger charge is 2.15. The molecule has 0 fully saturated rings. The first-order valence-electron chi connectivity index (χ1n) is 6.95. The maximum atomic E-state index is 11.7. The Bertz CT molecular complexity index is 550. The number of rotatable bonds is 2. The number of anilines is 1. The van der Waals surface area contributed by atoms with E-state index in [-0.39, 0.29) is 17.5 Å². The molecule has 6 nitrogen and oxygen atoms in total. The summed E-state index contributed by atoms with van der Waals surface area (Å²) in [5.74, 6) is 0.591. The van der Waals surface area contributed by atoms with Crippen molar-refractivity contribution in [2.45, 2.75) is 39.3 Å². The van der Waals surface area contributed by atoms with Crippen LogP contribution in [0.15, 0.2) is 18.2 Å². The van der Waals surface area contributed by atoms with Gasteiger partial charge in [0.2, 0.25) is 5.91 Å². The van der Waals surface area contributed by atoms with Crippen LogP contribution in [0.2, 0.25) is 0 Å². The van der Waals surface area contributed by atoms with Gasteiger partial charge in [0.05, 0.1) is 18.7 Å². The van der Waals surface area contributed by atoms with Crippen molar-refractivity contribution < 1.29 is 14.3 Å². The van der Waals surface area contributed by atoms with Crippen molar-refractivity contribution in [3.8, 4) is 5.75 Å². The summed E-state index contributed by atoms with van der Waals surface area (Å²) >= 11 is 0. The summed E-state index contributed by atoms with van der Waals surface area (Å²) in [7, 11) is 0. The average Bonchev–Trinajstić information content (AvgIpc) is 2.54. The molecule has 1 aromatic rings. The topological polar surface area (TPSA) is 79.5 Å². The van der Waals surface area contributed by atoms with Crippen molar-refractivity contribution in [1.82, 2.24) is 10.6 Å². The zero-order valence-electron chi connectivity index (χ0n) is 12.6. The molecule has 3 N–H and O–H groups in total. The largest absolute Gasteiger partial charge is 0.491 e. The van der Waals surface area contributed by atoms with E-state index < -0.39 is 0 Å². The van der Waals surface area contributed by atoms with Crippen LogP contribution >= 0.6 is 0 Å². The monoisotopic (exact) mass is 291 g/mol. The Balaban J connectivity index is 1.99. The Morgan fingerprint density at radius 2 is 2.14 bits per heavy atom. The Morgan fingerprint density at radius 3 is 2.86 bits per heavy atom. The molecule has 1 aromatic carbocycles. The second-order valence-corrected chi connectivity index (χ2v) is 6.03. The second-order valence-electron chi connectivity index (χ2n) is 6.03. The minimum absolute atomic E-state index is 0.0654. The summed E-state index contributed by atoms with van der Waals surface area (Å²) in [6, 6.07) is 5.26. The van der Waals surface area contributed by atoms with E-state index in [0.717, 1.165) is 5.56 Å². The summed E-state index contributed by atoms with van der Waals surface area (Å²) in [5, 5.41) is 8.41. The van der Waals surface area contributed by atoms with E-state index in [9.17, 15) is 9.59 Å². The SMILES string of the molecule is CC(C)(C)NC(=O)NCc1ccc2c(c1)NC(=O)CCO2. The van der Waals surface area contributed by atoms with Gasteiger partial charge < -0.3 is 20.7 Å². The number of carbonyl (C=O) groups excluding carboxylic acids is 2. The quantitative estimate of drug-likeness (QED) is 0.779. The third-order valence-corrected chi connectivity index (χ3v) is 2.85. The molecule has 2 rings (SSSR count). The molecule has 0 bridgehead atoms. The zero-order chi connectivity index (χ0) is 15.5. The standard InChI is InChI=1S/C15H21N3O3/c1-15(2,3)18-14(20)16-9-10-4-5-12-11(8-10)17-13(19)6-7-21-12/h4-5,8H,6-7,9H2,1-3H3,(H,17,19)(H2,16,18,20). The molecule has 0 saturated carbocycles. The van der Waals surface area contributed by atoms with Gasteiger partial charge in [-0.3, -0.25) is 4.79 Å². The number of nitrogens with one attached hydrogen (secondary N) is 3. The Hall–Kier alpha value is -2.24. The minimum Gasteiger partial charge on any atom is -0.491 e. The van der Waals surface area contributed by atoms with Crippen molar-refractivity contribution in [2.75, 3.05) is 11.9 Å². The van der Waals surface area contributed by atoms with Crippen LogP contribution in [0.1, 0.15) is 32.8 Å². The third kappa shape index (κ3) is 4.66. The molecule has 114 valence electrons. The number of hydrogen-bond acceptors (Lipinski definition) is 3. The van der Waals surface area contributed by atoms with Crippen LogP contribution < -0.4 is 20.7 Å². The fraction of sp³-hybridized carbons (Fsp3) is 0.467. The molecule has 3 amide bonds. The molecule has 0 radical (unpaired) electrons. The molecule has 6 heteroatoms. The lowest BCUT2D eigenvalue weighted by atomic mass is 10.1. The summed E-state index contributed by atoms with van der Waals surface area (Å²) in [6.07, 6.45) is 0.344. The first kappa shape index (κ1) is 15.2. The van der Waals surface area contributed by atoms with Gasteiger partial charge in [0.1, 0.15) is 5.75 Å². The minimum atomic E-state index is -0.278. The second kappa shape index (κ2) is 6.03. The number of hydrogen-bond donors (Lipinski definition) is 3. The fourth-order valence-corrected chi connectivity index (χ4v) is 1.94. The van der Waals surface area contributed by atoms with E-state index >= 15 is 0 Å². The molecule has 0 aromatic heterocycles. The molecule has 0 saturated heterocycles. The van der Waals surface area contributed by atoms with Crippen LogP contribution in [0.4, 0.5) is 10.5 Å². The van der Waals surface area contributed by atoms with E-state index in [4.69, 9.17) is 4.74 Å². The maximum Gasteiger partial charge on any atom is 0.315 e. The van der Waals surface area contributed by atoms with Gasteiger partial charge in [-0.25, -0.2) is 4.79 Å². The zero-order valence-corrected chi connectivity index (χ0v) is 12.6. The molecule has 0 spiro atoms. The molecule has 21 heavy (non-hydrogen) atoms. The number of carbonyl (C=O) groups is 2. The predicted molar refractivity (Wildman–Crippen MR) is 80.3 cm³/mol. The lowest BCUT2D eigenvalue weighted by molar-refractivity contribution is -0.116. The highest BCUT2D eigenvalue weighted by atomic mass is 16.5. The first-order valence-corrected chi connectivity index (χ1v) is 6.95. The molecule has 1 heterocycles. The van der Waals surface area contributed by atoms with Crippen molar-refractivity contribution in [1.29, 1.82) is 0 Å². The fourth-order valence-electron chi connectivity index (χ4n) is 1.94. The van der Waals surface area contributed by atoms with Gasteiger partial charge in [0, 0.05) is 12.1 Å². The molecule has 0 atom stereocenters. The summed E-state index contributed by atoms with van der Waals surface area (Å²) < 4.78 is 5.48. The van der Waals surface area contributed by atoms with Crippen LogP contribution in [0.25, 0.3) is 0 Å². The van der Waals surface area contributed by atoms with E-state index in [1.807, 2.05) is 32.9 Å². The first-order chi connectivity index (χ1) is 9.83. The van der Waals surface area contributed by atoms with Crippen LogP contribution in [-0.2, 0) is 11.3 Å². The van der Waals surface area contributed by atoms with Gasteiger partial charge in [-0.05, 0) is 38.5 Å². The lowest BCUT2D eigenvalue weighted by Crippen LogP contribution is -2.46. The lowest BCUT2D eigenvalue weighted by Gasteiger charge is -2.20. The van der Waals surface area contributed by atoms with E-state index in [1.165, 1.54) is 0 Å². The van der Waals surface area contributed by atoms with E-state index in [1.54, 1.807) is 6.07 Å². The normalized spacial score (nSPS) is 14.3. The summed E-state index contributed by atoms with van der Waals surface area (Å²) in [6.45, 7) is 6.51. The molecule has 1 aliphatic rings. The highest BCUT2D eigenvalue weighted by molar-refractivity contribution is 5.93. The smallest absolute Gasteiger partial charge is 0.315 e. The molecular weight excluding hydrogens is 270 g/mol. The number of benzene rings is 1. The number of fused-ring (bicyclic) bond motifs is 1. The molecule has 0 aliphatic carbocycles. The van der Waals surface area contributed by atoms with Crippen LogP contribution in [0.5, 0.6) is 5.75 Å². The van der Waals surface area contributed by atoms with Crippen LogP contribution in [0.3, 0.4) is 0 Å². The van der Waals surface area contributed by atoms with Crippen LogP contribution in [0, 0.1) is 0 Å². The average molecular weight is 291 g/mol. The number of ether oxygens (including phenoxy) is 1. The number of amides is 3. The molecular formula is C15H21N3O3. The number of urea groups is 1. The predicted octanol–water partition coefficient (Wildman–Crippen LogP) is 2.01. The van der Waals surface area contributed by atoms with Crippen molar-refractivity contribution in [3.63, 3.8) is 0 Å². The molecule has 0 unspecified atom stereocenters. The van der Waals surface area contributed by atoms with Gasteiger partial charge >= 0.3 is 6.03 Å². The van der Waals surface area contributed by atoms with E-state index in [0.29, 0.717) is 31.0 Å². The van der Waals surface area contributed by atoms with Gasteiger partial charge in [-0.2, -0.15) is 0 Å². The van der Waals surface area contributed by atoms with Crippen molar-refractivity contribution in [3.05, 3.63) is 23.8 Å². The van der Waals surface area contributed by atoms with Gasteiger partial charge in [0.15, 0.2) is 0 Å². The van der Waals surface area contributed by atoms with Gasteiger partial charge in [-0.15, -0.1) is 0 Å². The third-order valence-electron chi connectivity index (χ3n) is 2.85. The summed E-state index contributed by atoms with van der Waals surface area (Å²) in [4.78, 5) is 23.2. The van der Waals surface area contributed by atoms with Gasteiger partial charge in [-0.1, -0.05) is 6.07 Å². The highest BCUT2D eigenvalue weighted by Crippen LogP contribution is 2.27. The Morgan fingerprint density at radius 1 is 1.38 bits per heavy atom.